The summed E-state index contributed by atoms with van der Waals surface area (Å²) in [6.07, 6.45) is 0.786. The van der Waals surface area contributed by atoms with Gasteiger partial charge in [-0.25, -0.2) is 0 Å². The highest BCUT2D eigenvalue weighted by molar-refractivity contribution is 6.01. The Morgan fingerprint density at radius 3 is 2.68 bits per heavy atom. The largest absolute Gasteiger partial charge is 0.485 e. The van der Waals surface area contributed by atoms with Gasteiger partial charge in [-0.2, -0.15) is 0 Å². The highest BCUT2D eigenvalue weighted by atomic mass is 16.6. The Labute approximate surface area is 145 Å². The van der Waals surface area contributed by atoms with E-state index in [4.69, 9.17) is 15.2 Å². The van der Waals surface area contributed by atoms with E-state index in [1.165, 1.54) is 0 Å². The number of primary amides is 1. The molecule has 2 aromatic rings. The van der Waals surface area contributed by atoms with Gasteiger partial charge in [-0.3, -0.25) is 9.59 Å². The van der Waals surface area contributed by atoms with Crippen LogP contribution in [0.2, 0.25) is 0 Å². The fraction of sp³-hybridized carbons (Fsp3) is 0.263. The molecule has 2 aliphatic heterocycles. The molecular formula is C19H18N2O4. The fourth-order valence-corrected chi connectivity index (χ4v) is 3.40. The van der Waals surface area contributed by atoms with Crippen LogP contribution >= 0.6 is 0 Å². The molecule has 2 aromatic carbocycles. The first-order valence-corrected chi connectivity index (χ1v) is 8.26. The maximum Gasteiger partial charge on any atom is 0.271 e. The van der Waals surface area contributed by atoms with Crippen molar-refractivity contribution in [3.05, 3.63) is 53.6 Å². The molecule has 0 aliphatic carbocycles. The molecule has 0 saturated heterocycles. The molecule has 6 heteroatoms. The molecule has 128 valence electrons. The second kappa shape index (κ2) is 6.12. The van der Waals surface area contributed by atoms with Crippen molar-refractivity contribution in [1.82, 2.24) is 0 Å². The van der Waals surface area contributed by atoms with Crippen LogP contribution < -0.4 is 20.1 Å². The monoisotopic (exact) mass is 338 g/mol. The number of amides is 2. The van der Waals surface area contributed by atoms with Crippen LogP contribution in [0.1, 0.15) is 22.3 Å². The Hall–Kier alpha value is -3.02. The van der Waals surface area contributed by atoms with Crippen LogP contribution in [0.25, 0.3) is 0 Å². The summed E-state index contributed by atoms with van der Waals surface area (Å²) in [5.41, 5.74) is 7.50. The molecule has 0 aromatic heterocycles. The van der Waals surface area contributed by atoms with Gasteiger partial charge in [0.15, 0.2) is 11.5 Å². The van der Waals surface area contributed by atoms with Crippen LogP contribution in [0.5, 0.6) is 11.5 Å². The van der Waals surface area contributed by atoms with E-state index in [1.807, 2.05) is 24.3 Å². The van der Waals surface area contributed by atoms with Gasteiger partial charge in [0.25, 0.3) is 5.91 Å². The number of carbonyl (C=O) groups excluding carboxylic acids is 2. The second-order valence-corrected chi connectivity index (χ2v) is 6.13. The van der Waals surface area contributed by atoms with E-state index in [-0.39, 0.29) is 12.5 Å². The molecule has 1 atom stereocenters. The van der Waals surface area contributed by atoms with Gasteiger partial charge in [0.1, 0.15) is 6.61 Å². The van der Waals surface area contributed by atoms with E-state index >= 15 is 0 Å². The Balaban J connectivity index is 1.63. The van der Waals surface area contributed by atoms with Crippen LogP contribution in [-0.2, 0) is 11.2 Å². The molecule has 0 bridgehead atoms. The summed E-state index contributed by atoms with van der Waals surface area (Å²) in [6, 6.07) is 12.6. The van der Waals surface area contributed by atoms with Crippen molar-refractivity contribution < 1.29 is 19.1 Å². The number of benzene rings is 2. The molecule has 25 heavy (non-hydrogen) atoms. The van der Waals surface area contributed by atoms with Crippen molar-refractivity contribution in [3.8, 4) is 11.5 Å². The summed E-state index contributed by atoms with van der Waals surface area (Å²) in [5.74, 6) is 0.561. The fourth-order valence-electron chi connectivity index (χ4n) is 3.40. The van der Waals surface area contributed by atoms with Crippen molar-refractivity contribution in [2.45, 2.75) is 18.9 Å². The van der Waals surface area contributed by atoms with Crippen molar-refractivity contribution in [3.63, 3.8) is 0 Å². The minimum Gasteiger partial charge on any atom is -0.485 e. The maximum absolute atomic E-state index is 13.0. The van der Waals surface area contributed by atoms with E-state index in [0.29, 0.717) is 23.6 Å². The van der Waals surface area contributed by atoms with E-state index in [0.717, 1.165) is 24.1 Å². The summed E-state index contributed by atoms with van der Waals surface area (Å²) in [7, 11) is 0. The van der Waals surface area contributed by atoms with Crippen LogP contribution in [-0.4, -0.2) is 31.1 Å². The number of ether oxygens (including phenoxy) is 2. The summed E-state index contributed by atoms with van der Waals surface area (Å²) in [6.45, 7) is 0.743. The first-order valence-electron chi connectivity index (χ1n) is 8.26. The highest BCUT2D eigenvalue weighted by Gasteiger charge is 2.34. The predicted molar refractivity (Wildman–Crippen MR) is 92.0 cm³/mol. The average molecular weight is 338 g/mol. The van der Waals surface area contributed by atoms with Crippen molar-refractivity contribution >= 4 is 17.5 Å². The molecule has 2 aliphatic rings. The van der Waals surface area contributed by atoms with Crippen molar-refractivity contribution in [1.29, 1.82) is 0 Å². The van der Waals surface area contributed by atoms with Crippen LogP contribution in [0.4, 0.5) is 5.69 Å². The van der Waals surface area contributed by atoms with E-state index in [1.54, 1.807) is 23.1 Å². The lowest BCUT2D eigenvalue weighted by atomic mass is 9.95. The number of carbonyl (C=O) groups is 2. The van der Waals surface area contributed by atoms with Gasteiger partial charge in [0, 0.05) is 17.8 Å². The Morgan fingerprint density at radius 1 is 1.08 bits per heavy atom. The summed E-state index contributed by atoms with van der Waals surface area (Å²) >= 11 is 0. The van der Waals surface area contributed by atoms with Gasteiger partial charge in [-0.15, -0.1) is 0 Å². The van der Waals surface area contributed by atoms with Gasteiger partial charge >= 0.3 is 0 Å². The minimum atomic E-state index is -0.710. The zero-order valence-electron chi connectivity index (χ0n) is 13.6. The maximum atomic E-state index is 13.0. The van der Waals surface area contributed by atoms with Gasteiger partial charge < -0.3 is 20.1 Å². The molecule has 4 rings (SSSR count). The second-order valence-electron chi connectivity index (χ2n) is 6.13. The van der Waals surface area contributed by atoms with Gasteiger partial charge in [0.05, 0.1) is 0 Å². The first kappa shape index (κ1) is 15.5. The molecule has 2 amide bonds. The van der Waals surface area contributed by atoms with E-state index in [9.17, 15) is 9.59 Å². The van der Waals surface area contributed by atoms with Gasteiger partial charge in [-0.1, -0.05) is 18.2 Å². The molecule has 0 radical (unpaired) electrons. The molecule has 0 saturated carbocycles. The van der Waals surface area contributed by atoms with E-state index in [2.05, 4.69) is 0 Å². The highest BCUT2D eigenvalue weighted by Crippen LogP contribution is 2.34. The normalized spacial score (nSPS) is 18.4. The number of hydrogen-bond donors (Lipinski definition) is 1. The molecule has 0 fully saturated rings. The number of nitrogens with two attached hydrogens (primary N) is 1. The van der Waals surface area contributed by atoms with Crippen molar-refractivity contribution in [2.75, 3.05) is 18.1 Å². The summed E-state index contributed by atoms with van der Waals surface area (Å²) in [4.78, 5) is 26.3. The van der Waals surface area contributed by atoms with Crippen LogP contribution in [0.15, 0.2) is 42.5 Å². The summed E-state index contributed by atoms with van der Waals surface area (Å²) < 4.78 is 11.5. The molecule has 0 spiro atoms. The number of para-hydroxylation sites is 2. The van der Waals surface area contributed by atoms with Gasteiger partial charge in [-0.05, 0) is 42.7 Å². The molecule has 2 heterocycles. The number of anilines is 1. The number of hydrogen-bond acceptors (Lipinski definition) is 4. The third-order valence-electron chi connectivity index (χ3n) is 4.57. The third kappa shape index (κ3) is 2.69. The number of nitrogens with zero attached hydrogens (tertiary/aromatic N) is 1. The van der Waals surface area contributed by atoms with E-state index < -0.39 is 12.0 Å². The first-order chi connectivity index (χ1) is 12.1. The standard InChI is InChI=1S/C19H18N2O4/c20-18(22)13-5-3-7-14-12(13)6-4-10-21(14)19(23)17-11-24-15-8-1-2-9-16(15)25-17/h1-3,5,7-9,17H,4,6,10-11H2,(H2,20,22). The zero-order valence-corrected chi connectivity index (χ0v) is 13.6. The molecule has 2 N–H and O–H groups in total. The topological polar surface area (TPSA) is 81.9 Å². The smallest absolute Gasteiger partial charge is 0.271 e. The average Bonchev–Trinajstić information content (AvgIpc) is 2.66. The lowest BCUT2D eigenvalue weighted by molar-refractivity contribution is -0.127. The lowest BCUT2D eigenvalue weighted by Gasteiger charge is -2.34. The molecule has 1 unspecified atom stereocenters. The SMILES string of the molecule is NC(=O)c1cccc2c1CCCN2C(=O)C1COc2ccccc2O1. The molecule has 6 nitrogen and oxygen atoms in total. The summed E-state index contributed by atoms with van der Waals surface area (Å²) in [5, 5.41) is 0. The zero-order chi connectivity index (χ0) is 17.4. The molecular weight excluding hydrogens is 320 g/mol. The van der Waals surface area contributed by atoms with Crippen molar-refractivity contribution in [2.24, 2.45) is 5.73 Å². The number of fused-ring (bicyclic) bond motifs is 2. The third-order valence-corrected chi connectivity index (χ3v) is 4.57. The number of rotatable bonds is 2. The van der Waals surface area contributed by atoms with Crippen LogP contribution in [0.3, 0.4) is 0 Å². The Kier molecular flexibility index (Phi) is 3.80. The quantitative estimate of drug-likeness (QED) is 0.907. The van der Waals surface area contributed by atoms with Gasteiger partial charge in [0.2, 0.25) is 12.0 Å². The Bertz CT molecular complexity index is 849. The predicted octanol–water partition coefficient (Wildman–Crippen LogP) is 1.90. The lowest BCUT2D eigenvalue weighted by Crippen LogP contribution is -2.48. The minimum absolute atomic E-state index is 0.164. The Morgan fingerprint density at radius 2 is 1.88 bits per heavy atom. The van der Waals surface area contributed by atoms with Crippen LogP contribution in [0, 0.1) is 0 Å².